The van der Waals surface area contributed by atoms with E-state index in [-0.39, 0.29) is 0 Å². The molecule has 0 spiro atoms. The number of ether oxygens (including phenoxy) is 1. The number of hydrogen-bond donors (Lipinski definition) is 2. The largest absolute Gasteiger partial charge is 0.387 e. The van der Waals surface area contributed by atoms with Crippen LogP contribution in [0.3, 0.4) is 0 Å². The number of halogens is 1. The maximum Gasteiger partial charge on any atom is 0.193 e. The van der Waals surface area contributed by atoms with Crippen LogP contribution in [0.15, 0.2) is 29.3 Å². The van der Waals surface area contributed by atoms with Crippen molar-refractivity contribution in [2.75, 3.05) is 40.4 Å². The SMILES string of the molecule is CN=C(NCC(O)c1ccc(Cl)cc1)N(C)CC1CCOC1. The summed E-state index contributed by atoms with van der Waals surface area (Å²) in [7, 11) is 3.75. The van der Waals surface area contributed by atoms with Gasteiger partial charge in [-0.3, -0.25) is 4.99 Å². The van der Waals surface area contributed by atoms with Crippen LogP contribution in [0.5, 0.6) is 0 Å². The fourth-order valence-electron chi connectivity index (χ4n) is 2.58. The lowest BCUT2D eigenvalue weighted by molar-refractivity contribution is 0.176. The molecule has 5 nitrogen and oxygen atoms in total. The predicted molar refractivity (Wildman–Crippen MR) is 89.3 cm³/mol. The van der Waals surface area contributed by atoms with Gasteiger partial charge in [-0.05, 0) is 24.1 Å². The van der Waals surface area contributed by atoms with Crippen LogP contribution in [-0.4, -0.2) is 56.4 Å². The van der Waals surface area contributed by atoms with Crippen molar-refractivity contribution in [1.82, 2.24) is 10.2 Å². The highest BCUT2D eigenvalue weighted by Crippen LogP contribution is 2.16. The zero-order valence-corrected chi connectivity index (χ0v) is 13.9. The van der Waals surface area contributed by atoms with Gasteiger partial charge in [0.1, 0.15) is 0 Å². The molecule has 2 atom stereocenters. The lowest BCUT2D eigenvalue weighted by Crippen LogP contribution is -2.42. The zero-order chi connectivity index (χ0) is 15.9. The van der Waals surface area contributed by atoms with E-state index in [9.17, 15) is 5.11 Å². The van der Waals surface area contributed by atoms with Gasteiger partial charge in [-0.1, -0.05) is 23.7 Å². The van der Waals surface area contributed by atoms with Crippen LogP contribution in [0.2, 0.25) is 5.02 Å². The Bertz CT molecular complexity index is 487. The summed E-state index contributed by atoms with van der Waals surface area (Å²) >= 11 is 5.86. The van der Waals surface area contributed by atoms with E-state index in [4.69, 9.17) is 16.3 Å². The molecule has 1 aromatic rings. The predicted octanol–water partition coefficient (Wildman–Crippen LogP) is 1.92. The monoisotopic (exact) mass is 325 g/mol. The summed E-state index contributed by atoms with van der Waals surface area (Å²) in [5.41, 5.74) is 0.833. The van der Waals surface area contributed by atoms with E-state index in [0.29, 0.717) is 17.5 Å². The number of nitrogens with zero attached hydrogens (tertiary/aromatic N) is 2. The molecule has 0 aliphatic carbocycles. The van der Waals surface area contributed by atoms with Crippen LogP contribution < -0.4 is 5.32 Å². The van der Waals surface area contributed by atoms with Crippen LogP contribution in [0.4, 0.5) is 0 Å². The minimum atomic E-state index is -0.600. The Morgan fingerprint density at radius 1 is 1.50 bits per heavy atom. The number of nitrogens with one attached hydrogen (secondary N) is 1. The maximum atomic E-state index is 10.2. The zero-order valence-electron chi connectivity index (χ0n) is 13.1. The Balaban J connectivity index is 1.83. The summed E-state index contributed by atoms with van der Waals surface area (Å²) in [6.07, 6.45) is 0.492. The second-order valence-electron chi connectivity index (χ2n) is 5.61. The van der Waals surface area contributed by atoms with E-state index < -0.39 is 6.10 Å². The lowest BCUT2D eigenvalue weighted by atomic mass is 10.1. The first-order valence-electron chi connectivity index (χ1n) is 7.53. The highest BCUT2D eigenvalue weighted by Gasteiger charge is 2.19. The minimum absolute atomic E-state index is 0.403. The van der Waals surface area contributed by atoms with Gasteiger partial charge in [0.2, 0.25) is 0 Å². The normalized spacial score (nSPS) is 20.0. The maximum absolute atomic E-state index is 10.2. The standard InChI is InChI=1S/C16H24ClN3O2/c1-18-16(20(2)10-12-7-8-22-11-12)19-9-15(21)13-3-5-14(17)6-4-13/h3-6,12,15,21H,7-11H2,1-2H3,(H,18,19). The van der Waals surface area contributed by atoms with Crippen LogP contribution in [0.25, 0.3) is 0 Å². The number of benzene rings is 1. The highest BCUT2D eigenvalue weighted by atomic mass is 35.5. The van der Waals surface area contributed by atoms with E-state index >= 15 is 0 Å². The Labute approximate surface area is 136 Å². The Kier molecular flexibility index (Phi) is 6.49. The second-order valence-corrected chi connectivity index (χ2v) is 6.04. The summed E-state index contributed by atoms with van der Waals surface area (Å²) < 4.78 is 5.40. The molecule has 1 fully saturated rings. The fraction of sp³-hybridized carbons (Fsp3) is 0.562. The van der Waals surface area contributed by atoms with Gasteiger partial charge in [0.15, 0.2) is 5.96 Å². The van der Waals surface area contributed by atoms with E-state index in [1.165, 1.54) is 0 Å². The first kappa shape index (κ1) is 17.1. The van der Waals surface area contributed by atoms with Crippen molar-refractivity contribution in [3.05, 3.63) is 34.9 Å². The molecule has 1 aromatic carbocycles. The first-order chi connectivity index (χ1) is 10.6. The Morgan fingerprint density at radius 3 is 2.82 bits per heavy atom. The first-order valence-corrected chi connectivity index (χ1v) is 7.91. The second kappa shape index (κ2) is 8.36. The van der Waals surface area contributed by atoms with E-state index in [2.05, 4.69) is 15.2 Å². The number of hydrogen-bond acceptors (Lipinski definition) is 3. The number of aliphatic hydroxyl groups excluding tert-OH is 1. The molecule has 2 N–H and O–H groups in total. The van der Waals surface area contributed by atoms with Gasteiger partial charge in [-0.25, -0.2) is 0 Å². The van der Waals surface area contributed by atoms with Gasteiger partial charge in [0.25, 0.3) is 0 Å². The smallest absolute Gasteiger partial charge is 0.193 e. The molecule has 0 saturated carbocycles. The summed E-state index contributed by atoms with van der Waals surface area (Å²) in [4.78, 5) is 6.35. The van der Waals surface area contributed by atoms with Gasteiger partial charge in [-0.2, -0.15) is 0 Å². The molecule has 6 heteroatoms. The van der Waals surface area contributed by atoms with Crippen molar-refractivity contribution in [3.63, 3.8) is 0 Å². The Morgan fingerprint density at radius 2 is 2.23 bits per heavy atom. The van der Waals surface area contributed by atoms with Crippen LogP contribution >= 0.6 is 11.6 Å². The molecule has 2 rings (SSSR count). The molecular formula is C16H24ClN3O2. The van der Waals surface area contributed by atoms with Gasteiger partial charge in [0, 0.05) is 44.7 Å². The molecule has 2 unspecified atom stereocenters. The molecule has 0 amide bonds. The summed E-state index contributed by atoms with van der Waals surface area (Å²) in [6.45, 7) is 2.96. The van der Waals surface area contributed by atoms with E-state index in [0.717, 1.165) is 37.7 Å². The average Bonchev–Trinajstić information content (AvgIpc) is 3.01. The summed E-state index contributed by atoms with van der Waals surface area (Å²) in [5.74, 6) is 1.32. The van der Waals surface area contributed by atoms with Gasteiger partial charge in [-0.15, -0.1) is 0 Å². The fourth-order valence-corrected chi connectivity index (χ4v) is 2.70. The van der Waals surface area contributed by atoms with Gasteiger partial charge in [0.05, 0.1) is 12.7 Å². The third-order valence-corrected chi connectivity index (χ3v) is 4.09. The van der Waals surface area contributed by atoms with E-state index in [1.807, 2.05) is 19.2 Å². The number of guanidine groups is 1. The number of rotatable bonds is 5. The Hall–Kier alpha value is -1.30. The topological polar surface area (TPSA) is 57.1 Å². The summed E-state index contributed by atoms with van der Waals surface area (Å²) in [6, 6.07) is 7.22. The molecule has 1 heterocycles. The van der Waals surface area contributed by atoms with E-state index in [1.54, 1.807) is 19.2 Å². The molecule has 1 aliphatic rings. The molecule has 0 bridgehead atoms. The van der Waals surface area contributed by atoms with Crippen molar-refractivity contribution in [1.29, 1.82) is 0 Å². The highest BCUT2D eigenvalue weighted by molar-refractivity contribution is 6.30. The van der Waals surface area contributed by atoms with Crippen molar-refractivity contribution in [2.24, 2.45) is 10.9 Å². The van der Waals surface area contributed by atoms with Gasteiger partial charge < -0.3 is 20.1 Å². The quantitative estimate of drug-likeness (QED) is 0.641. The molecule has 0 aromatic heterocycles. The molecule has 1 saturated heterocycles. The van der Waals surface area contributed by atoms with Crippen LogP contribution in [0.1, 0.15) is 18.1 Å². The number of aliphatic imine (C=N–C) groups is 1. The van der Waals surface area contributed by atoms with Crippen LogP contribution in [-0.2, 0) is 4.74 Å². The molecule has 1 aliphatic heterocycles. The molecule has 22 heavy (non-hydrogen) atoms. The van der Waals surface area contributed by atoms with Crippen molar-refractivity contribution in [3.8, 4) is 0 Å². The number of aliphatic hydroxyl groups is 1. The molecule has 0 radical (unpaired) electrons. The summed E-state index contributed by atoms with van der Waals surface area (Å²) in [5, 5.41) is 14.1. The third kappa shape index (κ3) is 4.87. The van der Waals surface area contributed by atoms with Crippen molar-refractivity contribution >= 4 is 17.6 Å². The van der Waals surface area contributed by atoms with Gasteiger partial charge >= 0.3 is 0 Å². The third-order valence-electron chi connectivity index (χ3n) is 3.84. The van der Waals surface area contributed by atoms with Crippen molar-refractivity contribution in [2.45, 2.75) is 12.5 Å². The molecular weight excluding hydrogens is 302 g/mol. The minimum Gasteiger partial charge on any atom is -0.387 e. The lowest BCUT2D eigenvalue weighted by Gasteiger charge is -2.25. The van der Waals surface area contributed by atoms with Crippen molar-refractivity contribution < 1.29 is 9.84 Å². The average molecular weight is 326 g/mol. The molecule has 122 valence electrons. The van der Waals surface area contributed by atoms with Crippen LogP contribution in [0, 0.1) is 5.92 Å².